The van der Waals surface area contributed by atoms with Crippen molar-refractivity contribution in [2.75, 3.05) is 20.3 Å². The van der Waals surface area contributed by atoms with Crippen LogP contribution in [0.15, 0.2) is 47.3 Å². The summed E-state index contributed by atoms with van der Waals surface area (Å²) in [6, 6.07) is 6.16. The van der Waals surface area contributed by atoms with Crippen LogP contribution in [0.5, 0.6) is 0 Å². The van der Waals surface area contributed by atoms with E-state index >= 15 is 0 Å². The summed E-state index contributed by atoms with van der Waals surface area (Å²) in [5.41, 5.74) is 8.81. The summed E-state index contributed by atoms with van der Waals surface area (Å²) in [4.78, 5) is 26.1. The van der Waals surface area contributed by atoms with Crippen molar-refractivity contribution in [3.05, 3.63) is 63.9 Å². The van der Waals surface area contributed by atoms with Gasteiger partial charge in [0.25, 0.3) is 0 Å². The second kappa shape index (κ2) is 16.5. The summed E-state index contributed by atoms with van der Waals surface area (Å²) < 4.78 is 11.8. The van der Waals surface area contributed by atoms with E-state index in [0.29, 0.717) is 18.6 Å². The van der Waals surface area contributed by atoms with Crippen LogP contribution in [0.4, 0.5) is 0 Å². The molecular formula is C39H61N3O8. The minimum Gasteiger partial charge on any atom is -0.501 e. The molecule has 2 amide bonds. The van der Waals surface area contributed by atoms with Crippen LogP contribution in [0.2, 0.25) is 0 Å². The molecule has 1 aliphatic heterocycles. The van der Waals surface area contributed by atoms with Gasteiger partial charge in [-0.25, -0.2) is 0 Å². The van der Waals surface area contributed by atoms with Crippen LogP contribution < -0.4 is 16.4 Å². The maximum absolute atomic E-state index is 13.3. The fourth-order valence-electron chi connectivity index (χ4n) is 6.34. The molecule has 11 heteroatoms. The van der Waals surface area contributed by atoms with Crippen LogP contribution in [-0.4, -0.2) is 94.1 Å². The molecule has 2 aliphatic rings. The van der Waals surface area contributed by atoms with Gasteiger partial charge in [-0.3, -0.25) is 9.59 Å². The molecular weight excluding hydrogens is 638 g/mol. The monoisotopic (exact) mass is 699 g/mol. The van der Waals surface area contributed by atoms with E-state index in [1.807, 2.05) is 45.1 Å². The predicted molar refractivity (Wildman–Crippen MR) is 195 cm³/mol. The molecule has 1 saturated heterocycles. The van der Waals surface area contributed by atoms with Crippen molar-refractivity contribution >= 4 is 17.9 Å². The lowest BCUT2D eigenvalue weighted by molar-refractivity contribution is -0.240. The molecule has 0 aromatic heterocycles. The van der Waals surface area contributed by atoms with Crippen LogP contribution >= 0.6 is 0 Å². The SMILES string of the molecule is CCC(C)C1=C(Cc2ccc(/C=C/C(C)(C)C(=O)NC(C)(C)C(=O)NCC(C)(C)N)cc2C)CC([C@@H]2O[C@H](CO)[C@H](O)[C@H](O)[C@@H]2O)C(OC)=C1. The number of carbonyl (C=O) groups excluding carboxylic acids is 2. The molecule has 1 fully saturated rings. The van der Waals surface area contributed by atoms with Crippen molar-refractivity contribution in [2.24, 2.45) is 23.0 Å². The third-order valence-corrected chi connectivity index (χ3v) is 9.99. The molecule has 280 valence electrons. The lowest BCUT2D eigenvalue weighted by Gasteiger charge is -2.44. The molecule has 0 spiro atoms. The van der Waals surface area contributed by atoms with Crippen molar-refractivity contribution < 1.29 is 39.5 Å². The summed E-state index contributed by atoms with van der Waals surface area (Å²) >= 11 is 0. The second-order valence-electron chi connectivity index (χ2n) is 15.9. The average molecular weight is 700 g/mol. The third-order valence-electron chi connectivity index (χ3n) is 9.99. The Kier molecular flexibility index (Phi) is 13.7. The second-order valence-corrected chi connectivity index (χ2v) is 15.9. The molecule has 3 rings (SSSR count). The summed E-state index contributed by atoms with van der Waals surface area (Å²) in [6.45, 7) is 16.7. The Balaban J connectivity index is 1.82. The topological polar surface area (TPSA) is 184 Å². The zero-order valence-corrected chi connectivity index (χ0v) is 31.5. The lowest BCUT2D eigenvalue weighted by atomic mass is 9.75. The first-order valence-electron chi connectivity index (χ1n) is 17.6. The largest absolute Gasteiger partial charge is 0.501 e. The van der Waals surface area contributed by atoms with E-state index in [9.17, 15) is 30.0 Å². The number of hydrogen-bond donors (Lipinski definition) is 7. The highest BCUT2D eigenvalue weighted by atomic mass is 16.5. The molecule has 1 heterocycles. The summed E-state index contributed by atoms with van der Waals surface area (Å²) in [5, 5.41) is 47.3. The van der Waals surface area contributed by atoms with Crippen molar-refractivity contribution in [1.29, 1.82) is 0 Å². The van der Waals surface area contributed by atoms with E-state index in [4.69, 9.17) is 15.2 Å². The van der Waals surface area contributed by atoms with Gasteiger partial charge in [-0.2, -0.15) is 0 Å². The van der Waals surface area contributed by atoms with E-state index in [1.54, 1.807) is 34.8 Å². The number of amides is 2. The Morgan fingerprint density at radius 2 is 1.74 bits per heavy atom. The van der Waals surface area contributed by atoms with Crippen LogP contribution in [0.1, 0.15) is 84.9 Å². The fraction of sp³-hybridized carbons (Fsp3) is 0.641. The van der Waals surface area contributed by atoms with Crippen molar-refractivity contribution in [1.82, 2.24) is 10.6 Å². The fourth-order valence-corrected chi connectivity index (χ4v) is 6.34. The number of benzene rings is 1. The van der Waals surface area contributed by atoms with Crippen LogP contribution in [0, 0.1) is 24.2 Å². The van der Waals surface area contributed by atoms with Gasteiger partial charge in [-0.05, 0) is 102 Å². The van der Waals surface area contributed by atoms with Gasteiger partial charge in [0.05, 0.1) is 25.2 Å². The quantitative estimate of drug-likeness (QED) is 0.153. The van der Waals surface area contributed by atoms with Crippen LogP contribution in [0.3, 0.4) is 0 Å². The van der Waals surface area contributed by atoms with E-state index in [2.05, 4.69) is 36.6 Å². The molecule has 8 N–H and O–H groups in total. The Morgan fingerprint density at radius 1 is 1.08 bits per heavy atom. The highest BCUT2D eigenvalue weighted by Gasteiger charge is 2.48. The number of nitrogens with one attached hydrogen (secondary N) is 2. The van der Waals surface area contributed by atoms with Gasteiger partial charge in [0, 0.05) is 18.0 Å². The molecule has 2 unspecified atom stereocenters. The Labute approximate surface area is 298 Å². The number of aryl methyl sites for hydroxylation is 1. The highest BCUT2D eigenvalue weighted by Crippen LogP contribution is 2.41. The minimum atomic E-state index is -1.47. The maximum atomic E-state index is 13.3. The van der Waals surface area contributed by atoms with E-state index in [-0.39, 0.29) is 24.3 Å². The highest BCUT2D eigenvalue weighted by molar-refractivity contribution is 5.93. The van der Waals surface area contributed by atoms with E-state index in [1.165, 1.54) is 0 Å². The van der Waals surface area contributed by atoms with Gasteiger partial charge in [0.1, 0.15) is 35.7 Å². The van der Waals surface area contributed by atoms with E-state index < -0.39 is 59.5 Å². The lowest BCUT2D eigenvalue weighted by Crippen LogP contribution is -2.60. The molecule has 0 bridgehead atoms. The average Bonchev–Trinajstić information content (AvgIpc) is 3.05. The number of carbonyl (C=O) groups is 2. The maximum Gasteiger partial charge on any atom is 0.245 e. The number of allylic oxidation sites excluding steroid dienone is 3. The number of hydrogen-bond acceptors (Lipinski definition) is 9. The van der Waals surface area contributed by atoms with Crippen molar-refractivity contribution in [3.8, 4) is 0 Å². The standard InChI is InChI=1S/C39H61N3O8/c1-11-22(2)27-19-29(49-10)28(34-33(46)32(45)31(44)30(20-43)50-34)18-26(27)17-25-13-12-24(16-23(25)3)14-15-37(4,5)35(47)42-39(8,9)36(48)41-21-38(6,7)40/h12-16,19,22,28,30-34,43-46H,11,17-18,20-21,40H2,1-10H3,(H,41,48)(H,42,47)/b15-14+/t22?,28?,30-,31+,32+,33+,34+/m1/s1. The summed E-state index contributed by atoms with van der Waals surface area (Å²) in [6.07, 6.45) is 1.66. The third kappa shape index (κ3) is 10.0. The Morgan fingerprint density at radius 3 is 2.30 bits per heavy atom. The zero-order valence-electron chi connectivity index (χ0n) is 31.5. The van der Waals surface area contributed by atoms with Crippen molar-refractivity contribution in [2.45, 2.75) is 123 Å². The Bertz CT molecular complexity index is 1460. The first-order valence-corrected chi connectivity index (χ1v) is 17.6. The van der Waals surface area contributed by atoms with Crippen LogP contribution in [-0.2, 0) is 25.5 Å². The predicted octanol–water partition coefficient (Wildman–Crippen LogP) is 3.06. The number of aliphatic hydroxyl groups is 4. The molecule has 1 aromatic rings. The van der Waals surface area contributed by atoms with Gasteiger partial charge in [-0.1, -0.05) is 49.8 Å². The number of aliphatic hydroxyl groups excluding tert-OH is 4. The zero-order chi connectivity index (χ0) is 37.8. The number of ether oxygens (including phenoxy) is 2. The first kappa shape index (κ1) is 41.4. The van der Waals surface area contributed by atoms with Gasteiger partial charge in [0.15, 0.2) is 0 Å². The minimum absolute atomic E-state index is 0.241. The molecule has 1 aliphatic carbocycles. The van der Waals surface area contributed by atoms with Gasteiger partial charge in [0.2, 0.25) is 11.8 Å². The summed E-state index contributed by atoms with van der Waals surface area (Å²) in [7, 11) is 1.57. The molecule has 11 nitrogen and oxygen atoms in total. The molecule has 0 radical (unpaired) electrons. The van der Waals surface area contributed by atoms with Gasteiger partial charge in [-0.15, -0.1) is 0 Å². The van der Waals surface area contributed by atoms with E-state index in [0.717, 1.165) is 34.3 Å². The smallest absolute Gasteiger partial charge is 0.245 e. The first-order chi connectivity index (χ1) is 23.1. The normalized spacial score (nSPS) is 25.7. The van der Waals surface area contributed by atoms with Crippen molar-refractivity contribution in [3.63, 3.8) is 0 Å². The van der Waals surface area contributed by atoms with Crippen LogP contribution in [0.25, 0.3) is 6.08 Å². The van der Waals surface area contributed by atoms with Gasteiger partial charge >= 0.3 is 0 Å². The van der Waals surface area contributed by atoms with Gasteiger partial charge < -0.3 is 46.3 Å². The molecule has 1 aromatic carbocycles. The molecule has 0 saturated carbocycles. The number of rotatable bonds is 14. The number of nitrogens with two attached hydrogens (primary N) is 1. The molecule has 7 atom stereocenters. The Hall–Kier alpha value is -3.06. The molecule has 50 heavy (non-hydrogen) atoms. The number of methoxy groups -OCH3 is 1. The summed E-state index contributed by atoms with van der Waals surface area (Å²) in [5.74, 6) is -0.165.